The Morgan fingerprint density at radius 2 is 0.914 bits per heavy atom. The lowest BCUT2D eigenvalue weighted by molar-refractivity contribution is -0.435. The van der Waals surface area contributed by atoms with E-state index < -0.39 is 47.4 Å². The molecule has 35 heavy (non-hydrogen) atoms. The summed E-state index contributed by atoms with van der Waals surface area (Å²) in [5, 5.41) is 3.76. The van der Waals surface area contributed by atoms with Crippen LogP contribution in [0, 0.1) is 0 Å². The third-order valence-corrected chi connectivity index (χ3v) is 4.42. The molecule has 0 heterocycles. The number of anilines is 3. The summed E-state index contributed by atoms with van der Waals surface area (Å²) >= 11 is 0. The average molecular weight is 530 g/mol. The summed E-state index contributed by atoms with van der Waals surface area (Å²) in [6, 6.07) is 11.8. The first kappa shape index (κ1) is 28.0. The van der Waals surface area contributed by atoms with Gasteiger partial charge in [0.25, 0.3) is 0 Å². The molecule has 2 aromatic rings. The number of rotatable bonds is 8. The largest absolute Gasteiger partial charge is 0.460 e. The Hall–Kier alpha value is -3.20. The van der Waals surface area contributed by atoms with Gasteiger partial charge in [0.2, 0.25) is 0 Å². The van der Waals surface area contributed by atoms with Gasteiger partial charge in [-0.15, -0.1) is 0 Å². The van der Waals surface area contributed by atoms with Crippen molar-refractivity contribution in [1.29, 1.82) is 0 Å². The summed E-state index contributed by atoms with van der Waals surface area (Å²) in [5.41, 5.74) is 0.000843. The van der Waals surface area contributed by atoms with Crippen LogP contribution in [-0.4, -0.2) is 41.7 Å². The number of benzene rings is 2. The van der Waals surface area contributed by atoms with Crippen molar-refractivity contribution in [1.82, 2.24) is 0 Å². The fourth-order valence-electron chi connectivity index (χ4n) is 2.45. The molecule has 0 radical (unpaired) electrons. The number of alkyl halides is 13. The zero-order valence-electron chi connectivity index (χ0n) is 16.5. The highest BCUT2D eigenvalue weighted by Crippen LogP contribution is 2.60. The molecule has 2 aromatic carbocycles. The van der Waals surface area contributed by atoms with Crippen molar-refractivity contribution in [3.63, 3.8) is 0 Å². The van der Waals surface area contributed by atoms with Gasteiger partial charge in [-0.1, -0.05) is 18.2 Å². The third-order valence-electron chi connectivity index (χ3n) is 4.42. The predicted octanol–water partition coefficient (Wildman–Crippen LogP) is 7.11. The zero-order valence-corrected chi connectivity index (χ0v) is 16.5. The minimum Gasteiger partial charge on any atom is -0.356 e. The first-order chi connectivity index (χ1) is 15.7. The Labute approximate surface area is 186 Å². The number of nitrogens with one attached hydrogen (secondary N) is 2. The normalized spacial score (nSPS) is 14.0. The molecule has 194 valence electrons. The van der Waals surface area contributed by atoms with Gasteiger partial charge >= 0.3 is 41.7 Å². The van der Waals surface area contributed by atoms with Crippen molar-refractivity contribution in [2.45, 2.75) is 35.8 Å². The van der Waals surface area contributed by atoms with Gasteiger partial charge in [-0.25, -0.2) is 0 Å². The second-order valence-electron chi connectivity index (χ2n) is 6.89. The molecule has 2 N–H and O–H groups in total. The van der Waals surface area contributed by atoms with Crippen LogP contribution in [0.15, 0.2) is 54.6 Å². The molecule has 0 fully saturated rings. The van der Waals surface area contributed by atoms with E-state index in [1.165, 1.54) is 0 Å². The van der Waals surface area contributed by atoms with Crippen LogP contribution in [0.25, 0.3) is 0 Å². The molecule has 0 unspecified atom stereocenters. The third kappa shape index (κ3) is 4.69. The average Bonchev–Trinajstić information content (AvgIpc) is 2.74. The maximum absolute atomic E-state index is 13.8. The van der Waals surface area contributed by atoms with E-state index in [-0.39, 0.29) is 5.69 Å². The van der Waals surface area contributed by atoms with Crippen molar-refractivity contribution in [2.75, 3.05) is 10.6 Å². The molecule has 0 saturated carbocycles. The van der Waals surface area contributed by atoms with Gasteiger partial charge in [0, 0.05) is 17.1 Å². The van der Waals surface area contributed by atoms with Crippen LogP contribution in [0.1, 0.15) is 0 Å². The van der Waals surface area contributed by atoms with Crippen LogP contribution >= 0.6 is 0 Å². The fraction of sp³-hybridized carbons (Fsp3) is 0.316. The second kappa shape index (κ2) is 8.78. The second-order valence-corrected chi connectivity index (χ2v) is 6.89. The van der Waals surface area contributed by atoms with Crippen LogP contribution in [0.2, 0.25) is 0 Å². The predicted molar refractivity (Wildman–Crippen MR) is 95.6 cm³/mol. The van der Waals surface area contributed by atoms with E-state index in [9.17, 15) is 61.9 Å². The van der Waals surface area contributed by atoms with Gasteiger partial charge in [-0.3, -0.25) is 4.79 Å². The number of hydrogen-bond donors (Lipinski definition) is 2. The quantitative estimate of drug-likeness (QED) is 0.358. The maximum atomic E-state index is 13.8. The molecule has 0 bridgehead atoms. The van der Waals surface area contributed by atoms with Crippen molar-refractivity contribution in [3.8, 4) is 0 Å². The fourth-order valence-corrected chi connectivity index (χ4v) is 2.45. The summed E-state index contributed by atoms with van der Waals surface area (Å²) in [7, 11) is 0. The van der Waals surface area contributed by atoms with E-state index in [4.69, 9.17) is 0 Å². The lowest BCUT2D eigenvalue weighted by atomic mass is 9.93. The van der Waals surface area contributed by atoms with E-state index in [1.807, 2.05) is 0 Å². The summed E-state index contributed by atoms with van der Waals surface area (Å²) in [6.07, 6.45) is -7.52. The smallest absolute Gasteiger partial charge is 0.356 e. The van der Waals surface area contributed by atoms with Crippen LogP contribution in [-0.2, 0) is 4.79 Å². The number of carbonyl (C=O) groups excluding carboxylic acids is 1. The van der Waals surface area contributed by atoms with Gasteiger partial charge in [0.05, 0.1) is 0 Å². The summed E-state index contributed by atoms with van der Waals surface area (Å²) < 4.78 is 170. The number of carbonyl (C=O) groups is 1. The Morgan fingerprint density at radius 1 is 0.514 bits per heavy atom. The highest BCUT2D eigenvalue weighted by Gasteiger charge is 2.91. The molecule has 0 aromatic heterocycles. The lowest BCUT2D eigenvalue weighted by Gasteiger charge is -2.39. The minimum absolute atomic E-state index is 0.242. The van der Waals surface area contributed by atoms with E-state index in [2.05, 4.69) is 5.32 Å². The molecule has 0 aliphatic carbocycles. The molecule has 16 heteroatoms. The molecular weight excluding hydrogens is 519 g/mol. The lowest BCUT2D eigenvalue weighted by Crippen LogP contribution is -2.71. The molecule has 0 spiro atoms. The Bertz CT molecular complexity index is 1030. The van der Waals surface area contributed by atoms with Crippen LogP contribution in [0.3, 0.4) is 0 Å². The molecule has 0 saturated heterocycles. The molecule has 0 aliphatic rings. The van der Waals surface area contributed by atoms with Gasteiger partial charge < -0.3 is 10.6 Å². The number of amides is 1. The first-order valence-corrected chi connectivity index (χ1v) is 8.89. The van der Waals surface area contributed by atoms with Crippen LogP contribution in [0.5, 0.6) is 0 Å². The van der Waals surface area contributed by atoms with Crippen LogP contribution < -0.4 is 10.6 Å². The molecule has 0 aliphatic heterocycles. The van der Waals surface area contributed by atoms with Gasteiger partial charge in [0.15, 0.2) is 0 Å². The number of halogens is 13. The first-order valence-electron chi connectivity index (χ1n) is 8.89. The summed E-state index contributed by atoms with van der Waals surface area (Å²) in [5.74, 6) is -41.9. The molecule has 0 atom stereocenters. The van der Waals surface area contributed by atoms with Crippen molar-refractivity contribution < 1.29 is 61.9 Å². The Balaban J connectivity index is 2.28. The van der Waals surface area contributed by atoms with Crippen molar-refractivity contribution in [2.24, 2.45) is 0 Å². The van der Waals surface area contributed by atoms with Gasteiger partial charge in [-0.2, -0.15) is 57.1 Å². The van der Waals surface area contributed by atoms with E-state index >= 15 is 0 Å². The molecular formula is C19H11F13N2O. The van der Waals surface area contributed by atoms with E-state index in [1.54, 1.807) is 30.3 Å². The number of para-hydroxylation sites is 1. The van der Waals surface area contributed by atoms with Crippen LogP contribution in [0.4, 0.5) is 74.1 Å². The number of hydrogen-bond acceptors (Lipinski definition) is 2. The van der Waals surface area contributed by atoms with E-state index in [0.29, 0.717) is 5.69 Å². The highest BCUT2D eigenvalue weighted by molar-refractivity contribution is 5.97. The standard InChI is InChI=1S/C19H11F13N2O/c20-14(21,15(22,23)16(24,25)17(26,27)18(28,29)19(30,31)32)13(35)34-12-8-6-11(7-9-12)33-10-4-2-1-3-5-10/h1-9,33H,(H,34,35). The maximum Gasteiger partial charge on any atom is 0.460 e. The molecule has 2 rings (SSSR count). The monoisotopic (exact) mass is 530 g/mol. The highest BCUT2D eigenvalue weighted by atomic mass is 19.4. The molecule has 3 nitrogen and oxygen atoms in total. The summed E-state index contributed by atoms with van der Waals surface area (Å²) in [6.45, 7) is 0. The zero-order chi connectivity index (χ0) is 27.1. The molecule has 1 amide bonds. The summed E-state index contributed by atoms with van der Waals surface area (Å²) in [4.78, 5) is 11.5. The van der Waals surface area contributed by atoms with Crippen molar-refractivity contribution in [3.05, 3.63) is 54.6 Å². The minimum atomic E-state index is -8.07. The van der Waals surface area contributed by atoms with E-state index in [0.717, 1.165) is 29.6 Å². The van der Waals surface area contributed by atoms with Crippen molar-refractivity contribution >= 4 is 23.0 Å². The SMILES string of the molecule is O=C(Nc1ccc(Nc2ccccc2)cc1)C(F)(F)C(F)(F)C(F)(F)C(F)(F)C(F)(F)C(F)(F)F. The Kier molecular flexibility index (Phi) is 7.04. The topological polar surface area (TPSA) is 41.1 Å². The van der Waals surface area contributed by atoms with Gasteiger partial charge in [0.1, 0.15) is 0 Å². The van der Waals surface area contributed by atoms with Gasteiger partial charge in [-0.05, 0) is 36.4 Å². The Morgan fingerprint density at radius 3 is 1.37 bits per heavy atom.